The molecule has 1 aromatic carbocycles. The number of imidazole rings is 1. The van der Waals surface area contributed by atoms with Crippen molar-refractivity contribution in [3.63, 3.8) is 0 Å². The zero-order valence-corrected chi connectivity index (χ0v) is 9.67. The SMILES string of the molecule is Cn1c(=O)[nH]c2cc(C(=O)CBr)ccc21. The first kappa shape index (κ1) is 10.2. The molecule has 2 aromatic rings. The van der Waals surface area contributed by atoms with Gasteiger partial charge in [0.15, 0.2) is 5.78 Å². The predicted octanol–water partition coefficient (Wildman–Crippen LogP) is 1.44. The van der Waals surface area contributed by atoms with Gasteiger partial charge in [0.1, 0.15) is 0 Å². The number of rotatable bonds is 2. The van der Waals surface area contributed by atoms with Gasteiger partial charge in [0.25, 0.3) is 0 Å². The number of hydrogen-bond acceptors (Lipinski definition) is 2. The Labute approximate surface area is 94.0 Å². The summed E-state index contributed by atoms with van der Waals surface area (Å²) in [7, 11) is 1.69. The lowest BCUT2D eigenvalue weighted by Crippen LogP contribution is -2.11. The summed E-state index contributed by atoms with van der Waals surface area (Å²) in [6.45, 7) is 0. The third-order valence-corrected chi connectivity index (χ3v) is 2.86. The van der Waals surface area contributed by atoms with Crippen LogP contribution in [0.15, 0.2) is 23.0 Å². The van der Waals surface area contributed by atoms with Gasteiger partial charge in [-0.05, 0) is 18.2 Å². The topological polar surface area (TPSA) is 54.9 Å². The molecule has 0 saturated carbocycles. The molecule has 0 fully saturated rings. The molecule has 78 valence electrons. The number of carbonyl (C=O) groups is 1. The van der Waals surface area contributed by atoms with E-state index < -0.39 is 0 Å². The number of nitrogens with zero attached hydrogens (tertiary/aromatic N) is 1. The van der Waals surface area contributed by atoms with Crippen LogP contribution >= 0.6 is 15.9 Å². The Bertz CT molecular complexity index is 583. The molecule has 0 saturated heterocycles. The molecular weight excluding hydrogens is 260 g/mol. The third kappa shape index (κ3) is 1.63. The van der Waals surface area contributed by atoms with Crippen LogP contribution in [0.5, 0.6) is 0 Å². The van der Waals surface area contributed by atoms with Crippen LogP contribution in [-0.2, 0) is 7.05 Å². The first-order chi connectivity index (χ1) is 7.13. The quantitative estimate of drug-likeness (QED) is 0.662. The molecule has 0 spiro atoms. The summed E-state index contributed by atoms with van der Waals surface area (Å²) in [4.78, 5) is 25.4. The molecule has 15 heavy (non-hydrogen) atoms. The number of benzene rings is 1. The fourth-order valence-corrected chi connectivity index (χ4v) is 1.81. The molecule has 4 nitrogen and oxygen atoms in total. The van der Waals surface area contributed by atoms with Gasteiger partial charge < -0.3 is 4.98 Å². The Hall–Kier alpha value is -1.36. The van der Waals surface area contributed by atoms with Crippen LogP contribution in [0.4, 0.5) is 0 Å². The number of aromatic amines is 1. The van der Waals surface area contributed by atoms with E-state index in [1.807, 2.05) is 0 Å². The summed E-state index contributed by atoms with van der Waals surface area (Å²) >= 11 is 3.11. The molecular formula is C10H9BrN2O2. The maximum Gasteiger partial charge on any atom is 0.326 e. The van der Waals surface area contributed by atoms with Crippen molar-refractivity contribution < 1.29 is 4.79 Å². The van der Waals surface area contributed by atoms with Crippen LogP contribution in [0.3, 0.4) is 0 Å². The second-order valence-electron chi connectivity index (χ2n) is 3.28. The summed E-state index contributed by atoms with van der Waals surface area (Å²) in [6, 6.07) is 5.18. The van der Waals surface area contributed by atoms with E-state index in [0.717, 1.165) is 5.52 Å². The summed E-state index contributed by atoms with van der Waals surface area (Å²) in [6.07, 6.45) is 0. The van der Waals surface area contributed by atoms with E-state index in [2.05, 4.69) is 20.9 Å². The average Bonchev–Trinajstić information content (AvgIpc) is 2.53. The van der Waals surface area contributed by atoms with Gasteiger partial charge in [-0.3, -0.25) is 9.36 Å². The summed E-state index contributed by atoms with van der Waals surface area (Å²) in [5.41, 5.74) is 1.91. The summed E-state index contributed by atoms with van der Waals surface area (Å²) < 4.78 is 1.51. The number of carbonyl (C=O) groups excluding carboxylic acids is 1. The number of nitrogens with one attached hydrogen (secondary N) is 1. The van der Waals surface area contributed by atoms with Crippen molar-refractivity contribution >= 4 is 32.7 Å². The zero-order chi connectivity index (χ0) is 11.0. The number of alkyl halides is 1. The Morgan fingerprint density at radius 3 is 2.93 bits per heavy atom. The highest BCUT2D eigenvalue weighted by Gasteiger charge is 2.07. The van der Waals surface area contributed by atoms with Crippen molar-refractivity contribution in [3.05, 3.63) is 34.2 Å². The lowest BCUT2D eigenvalue weighted by Gasteiger charge is -1.97. The van der Waals surface area contributed by atoms with Crippen LogP contribution in [0, 0.1) is 0 Å². The lowest BCUT2D eigenvalue weighted by molar-refractivity contribution is 0.102. The van der Waals surface area contributed by atoms with Crippen molar-refractivity contribution in [2.24, 2.45) is 7.05 Å². The molecule has 1 N–H and O–H groups in total. The number of aromatic nitrogens is 2. The van der Waals surface area contributed by atoms with Crippen molar-refractivity contribution in [1.82, 2.24) is 9.55 Å². The van der Waals surface area contributed by atoms with Crippen LogP contribution < -0.4 is 5.69 Å². The summed E-state index contributed by atoms with van der Waals surface area (Å²) in [5, 5.41) is 0.287. The molecule has 0 unspecified atom stereocenters. The van der Waals surface area contributed by atoms with Gasteiger partial charge in [-0.2, -0.15) is 0 Å². The van der Waals surface area contributed by atoms with Crippen molar-refractivity contribution in [1.29, 1.82) is 0 Å². The molecule has 0 aliphatic carbocycles. The monoisotopic (exact) mass is 268 g/mol. The summed E-state index contributed by atoms with van der Waals surface area (Å²) in [5.74, 6) is 0.00148. The van der Waals surface area contributed by atoms with Crippen LogP contribution in [0.25, 0.3) is 11.0 Å². The van der Waals surface area contributed by atoms with Gasteiger partial charge in [0.05, 0.1) is 16.4 Å². The van der Waals surface area contributed by atoms with Gasteiger partial charge in [0, 0.05) is 12.6 Å². The minimum absolute atomic E-state index is 0.00148. The molecule has 5 heteroatoms. The van der Waals surface area contributed by atoms with Gasteiger partial charge in [0.2, 0.25) is 0 Å². The van der Waals surface area contributed by atoms with Gasteiger partial charge >= 0.3 is 5.69 Å². The minimum Gasteiger partial charge on any atom is -0.306 e. The molecule has 0 aliphatic rings. The van der Waals surface area contributed by atoms with E-state index >= 15 is 0 Å². The maximum atomic E-state index is 11.4. The standard InChI is InChI=1S/C10H9BrN2O2/c1-13-8-3-2-6(9(14)5-11)4-7(8)12-10(13)15/h2-4H,5H2,1H3,(H,12,15). The van der Waals surface area contributed by atoms with E-state index in [9.17, 15) is 9.59 Å². The maximum absolute atomic E-state index is 11.4. The number of H-pyrrole nitrogens is 1. The Kier molecular flexibility index (Phi) is 2.48. The molecule has 2 rings (SSSR count). The molecule has 1 aromatic heterocycles. The molecule has 0 bridgehead atoms. The van der Waals surface area contributed by atoms with E-state index in [0.29, 0.717) is 11.1 Å². The smallest absolute Gasteiger partial charge is 0.306 e. The van der Waals surface area contributed by atoms with Crippen LogP contribution in [-0.4, -0.2) is 20.7 Å². The zero-order valence-electron chi connectivity index (χ0n) is 8.08. The highest BCUT2D eigenvalue weighted by molar-refractivity contribution is 9.09. The molecule has 0 radical (unpaired) electrons. The number of fused-ring (bicyclic) bond motifs is 1. The van der Waals surface area contributed by atoms with Gasteiger partial charge in [-0.15, -0.1) is 0 Å². The van der Waals surface area contributed by atoms with E-state index in [1.165, 1.54) is 4.57 Å². The number of ketones is 1. The molecule has 0 aliphatic heterocycles. The first-order valence-corrected chi connectivity index (χ1v) is 5.53. The van der Waals surface area contributed by atoms with E-state index in [4.69, 9.17) is 0 Å². The largest absolute Gasteiger partial charge is 0.326 e. The first-order valence-electron chi connectivity index (χ1n) is 4.41. The molecule has 0 amide bonds. The fourth-order valence-electron chi connectivity index (χ4n) is 1.49. The number of aryl methyl sites for hydroxylation is 1. The number of Topliss-reactive ketones (excluding diaryl/α,β-unsaturated/α-hetero) is 1. The third-order valence-electron chi connectivity index (χ3n) is 2.35. The Morgan fingerprint density at radius 2 is 2.27 bits per heavy atom. The highest BCUT2D eigenvalue weighted by Crippen LogP contribution is 2.12. The lowest BCUT2D eigenvalue weighted by atomic mass is 10.1. The Morgan fingerprint density at radius 1 is 1.53 bits per heavy atom. The average molecular weight is 269 g/mol. The minimum atomic E-state index is -0.173. The number of halogens is 1. The van der Waals surface area contributed by atoms with Crippen molar-refractivity contribution in [2.75, 3.05) is 5.33 Å². The number of hydrogen-bond donors (Lipinski definition) is 1. The van der Waals surface area contributed by atoms with Gasteiger partial charge in [-0.1, -0.05) is 15.9 Å². The van der Waals surface area contributed by atoms with Crippen LogP contribution in [0.1, 0.15) is 10.4 Å². The highest BCUT2D eigenvalue weighted by atomic mass is 79.9. The predicted molar refractivity (Wildman–Crippen MR) is 61.7 cm³/mol. The normalized spacial score (nSPS) is 10.8. The fraction of sp³-hybridized carbons (Fsp3) is 0.200. The second kappa shape index (κ2) is 3.66. The molecule has 0 atom stereocenters. The second-order valence-corrected chi connectivity index (χ2v) is 3.84. The van der Waals surface area contributed by atoms with E-state index in [1.54, 1.807) is 25.2 Å². The van der Waals surface area contributed by atoms with Crippen molar-refractivity contribution in [2.45, 2.75) is 0 Å². The molecule has 1 heterocycles. The van der Waals surface area contributed by atoms with Gasteiger partial charge in [-0.25, -0.2) is 4.79 Å². The van der Waals surface area contributed by atoms with Crippen LogP contribution in [0.2, 0.25) is 0 Å². The van der Waals surface area contributed by atoms with Crippen molar-refractivity contribution in [3.8, 4) is 0 Å². The Balaban J connectivity index is 2.67. The van der Waals surface area contributed by atoms with E-state index in [-0.39, 0.29) is 16.8 Å².